The fourth-order valence-corrected chi connectivity index (χ4v) is 5.49. The smallest absolute Gasteiger partial charge is 0.350 e. The summed E-state index contributed by atoms with van der Waals surface area (Å²) in [6, 6.07) is 26.9. The first-order valence-electron chi connectivity index (χ1n) is 16.0. The zero-order valence-corrected chi connectivity index (χ0v) is 27.0. The van der Waals surface area contributed by atoms with Gasteiger partial charge < -0.3 is 24.8 Å². The number of rotatable bonds is 14. The van der Waals surface area contributed by atoms with Crippen LogP contribution in [0.15, 0.2) is 102 Å². The largest absolute Gasteiger partial charge is 0.491 e. The van der Waals surface area contributed by atoms with Crippen LogP contribution in [-0.4, -0.2) is 57.0 Å². The molecule has 3 aromatic carbocycles. The minimum atomic E-state index is -1.06. The van der Waals surface area contributed by atoms with Crippen LogP contribution < -0.4 is 21.1 Å². The zero-order chi connectivity index (χ0) is 33.3. The van der Waals surface area contributed by atoms with Gasteiger partial charge >= 0.3 is 5.69 Å². The lowest BCUT2D eigenvalue weighted by Gasteiger charge is -2.29. The third-order valence-electron chi connectivity index (χ3n) is 8.29. The molecule has 3 atom stereocenters. The van der Waals surface area contributed by atoms with Gasteiger partial charge in [-0.25, -0.2) is 14.0 Å². The van der Waals surface area contributed by atoms with Gasteiger partial charge in [-0.1, -0.05) is 19.1 Å². The second-order valence-electron chi connectivity index (χ2n) is 11.6. The molecule has 2 N–H and O–H groups in total. The lowest BCUT2D eigenvalue weighted by molar-refractivity contribution is -0.178. The molecular formula is C36H38N8O4. The summed E-state index contributed by atoms with van der Waals surface area (Å²) in [6.45, 7) is 6.08. The van der Waals surface area contributed by atoms with Gasteiger partial charge in [0.1, 0.15) is 24.8 Å². The van der Waals surface area contributed by atoms with Crippen LogP contribution >= 0.6 is 0 Å². The second-order valence-corrected chi connectivity index (χ2v) is 11.6. The maximum atomic E-state index is 12.7. The molecule has 48 heavy (non-hydrogen) atoms. The highest BCUT2D eigenvalue weighted by Crippen LogP contribution is 2.38. The molecular weight excluding hydrogens is 608 g/mol. The molecule has 246 valence electrons. The summed E-state index contributed by atoms with van der Waals surface area (Å²) in [6.07, 6.45) is 5.84. The van der Waals surface area contributed by atoms with Gasteiger partial charge in [0.15, 0.2) is 5.79 Å². The van der Waals surface area contributed by atoms with Crippen LogP contribution in [0.2, 0.25) is 0 Å². The van der Waals surface area contributed by atoms with Crippen LogP contribution in [-0.2, 0) is 21.7 Å². The molecule has 0 spiro atoms. The number of nitriles is 1. The molecule has 1 saturated heterocycles. The Morgan fingerprint density at radius 1 is 1.04 bits per heavy atom. The summed E-state index contributed by atoms with van der Waals surface area (Å²) < 4.78 is 21.9. The highest BCUT2D eigenvalue weighted by molar-refractivity contribution is 5.50. The van der Waals surface area contributed by atoms with Crippen LogP contribution in [0.3, 0.4) is 0 Å². The van der Waals surface area contributed by atoms with Gasteiger partial charge in [0.2, 0.25) is 0 Å². The Bertz CT molecular complexity index is 1890. The summed E-state index contributed by atoms with van der Waals surface area (Å²) >= 11 is 0. The van der Waals surface area contributed by atoms with Crippen molar-refractivity contribution in [3.63, 3.8) is 0 Å². The Hall–Kier alpha value is -5.51. The van der Waals surface area contributed by atoms with Crippen molar-refractivity contribution >= 4 is 11.4 Å². The summed E-state index contributed by atoms with van der Waals surface area (Å²) in [7, 11) is 0. The Morgan fingerprint density at radius 2 is 1.79 bits per heavy atom. The molecule has 0 bridgehead atoms. The van der Waals surface area contributed by atoms with Gasteiger partial charge in [0, 0.05) is 42.6 Å². The van der Waals surface area contributed by atoms with Gasteiger partial charge in [-0.05, 0) is 85.6 Å². The van der Waals surface area contributed by atoms with E-state index in [1.165, 1.54) is 4.68 Å². The number of anilines is 2. The molecule has 6 rings (SSSR count). The number of hydrogen-bond donors (Lipinski definition) is 2. The number of benzene rings is 3. The highest BCUT2D eigenvalue weighted by atomic mass is 16.8. The quantitative estimate of drug-likeness (QED) is 0.157. The average Bonchev–Trinajstić information content (AvgIpc) is 3.73. The van der Waals surface area contributed by atoms with Crippen molar-refractivity contribution in [1.29, 1.82) is 5.26 Å². The van der Waals surface area contributed by atoms with Crippen LogP contribution in [0.25, 0.3) is 5.69 Å². The monoisotopic (exact) mass is 646 g/mol. The standard InChI is InChI=1S/C36H38N8O4/c1-3-26(2)44-35(45)43(25-42-44)32-11-7-30(8-12-32)38-17-18-39-31-9-13-33(14-10-31)46-23-34-24-47-36(48-34,20-28-15-16-40-41-22-28)29-6-4-5-27(19-29)21-37/h4-16,19,22,25-26,34,38-39H,3,17-18,20,23-24H2,1-2H3/t26?,34-,36-/m1/s1. The summed E-state index contributed by atoms with van der Waals surface area (Å²) in [5.74, 6) is -0.344. The van der Waals surface area contributed by atoms with Crippen molar-refractivity contribution < 1.29 is 14.2 Å². The molecule has 1 fully saturated rings. The lowest BCUT2D eigenvalue weighted by Crippen LogP contribution is -2.32. The van der Waals surface area contributed by atoms with E-state index >= 15 is 0 Å². The van der Waals surface area contributed by atoms with Crippen LogP contribution in [0.5, 0.6) is 5.75 Å². The minimum absolute atomic E-state index is 0.0574. The van der Waals surface area contributed by atoms with Crippen molar-refractivity contribution in [2.75, 3.05) is 36.9 Å². The van der Waals surface area contributed by atoms with E-state index in [9.17, 15) is 10.1 Å². The van der Waals surface area contributed by atoms with Crippen molar-refractivity contribution in [3.05, 3.63) is 125 Å². The summed E-state index contributed by atoms with van der Waals surface area (Å²) in [5.41, 5.74) is 4.78. The predicted molar refractivity (Wildman–Crippen MR) is 181 cm³/mol. The maximum Gasteiger partial charge on any atom is 0.350 e. The van der Waals surface area contributed by atoms with Gasteiger partial charge in [-0.15, -0.1) is 0 Å². The minimum Gasteiger partial charge on any atom is -0.491 e. The van der Waals surface area contributed by atoms with Gasteiger partial charge in [-0.3, -0.25) is 0 Å². The summed E-state index contributed by atoms with van der Waals surface area (Å²) in [4.78, 5) is 12.7. The number of aromatic nitrogens is 5. The third kappa shape index (κ3) is 7.54. The Balaban J connectivity index is 0.972. The van der Waals surface area contributed by atoms with E-state index in [1.54, 1.807) is 35.4 Å². The number of hydrogen-bond acceptors (Lipinski definition) is 10. The normalized spacial score (nSPS) is 17.8. The molecule has 1 aliphatic heterocycles. The first-order chi connectivity index (χ1) is 23.5. The molecule has 5 aromatic rings. The highest BCUT2D eigenvalue weighted by Gasteiger charge is 2.44. The first-order valence-corrected chi connectivity index (χ1v) is 16.0. The fourth-order valence-electron chi connectivity index (χ4n) is 5.49. The van der Waals surface area contributed by atoms with Crippen LogP contribution in [0, 0.1) is 11.3 Å². The SMILES string of the molecule is CCC(C)n1ncn(-c2ccc(NCCNc3ccc(OC[C@@H]4CO[C@@](Cc5ccnnc5)(c5cccc(C#N)c5)O4)cc3)cc2)c1=O. The zero-order valence-electron chi connectivity index (χ0n) is 27.0. The third-order valence-corrected chi connectivity index (χ3v) is 8.29. The Kier molecular flexibility index (Phi) is 10.1. The Labute approximate surface area is 278 Å². The van der Waals surface area contributed by atoms with Crippen LogP contribution in [0.4, 0.5) is 11.4 Å². The molecule has 1 unspecified atom stereocenters. The topological polar surface area (TPSA) is 141 Å². The maximum absolute atomic E-state index is 12.7. The van der Waals surface area contributed by atoms with E-state index in [1.807, 2.05) is 80.6 Å². The molecule has 0 amide bonds. The van der Waals surface area contributed by atoms with Gasteiger partial charge in [-0.2, -0.15) is 20.6 Å². The van der Waals surface area contributed by atoms with E-state index in [4.69, 9.17) is 14.2 Å². The molecule has 12 nitrogen and oxygen atoms in total. The van der Waals surface area contributed by atoms with Crippen molar-refractivity contribution in [3.8, 4) is 17.5 Å². The number of ether oxygens (including phenoxy) is 3. The Morgan fingerprint density at radius 3 is 2.48 bits per heavy atom. The molecule has 0 radical (unpaired) electrons. The molecule has 12 heteroatoms. The van der Waals surface area contributed by atoms with Crippen LogP contribution in [0.1, 0.15) is 43.0 Å². The first kappa shape index (κ1) is 32.4. The van der Waals surface area contributed by atoms with Crippen molar-refractivity contribution in [2.45, 2.75) is 44.6 Å². The van der Waals surface area contributed by atoms with E-state index in [0.29, 0.717) is 38.3 Å². The average molecular weight is 647 g/mol. The van der Waals surface area contributed by atoms with Crippen molar-refractivity contribution in [1.82, 2.24) is 24.5 Å². The molecule has 3 heterocycles. The molecule has 2 aromatic heterocycles. The van der Waals surface area contributed by atoms with E-state index < -0.39 is 5.79 Å². The second kappa shape index (κ2) is 14.9. The van der Waals surface area contributed by atoms with E-state index in [-0.39, 0.29) is 17.8 Å². The van der Waals surface area contributed by atoms with Gasteiger partial charge in [0.05, 0.1) is 36.2 Å². The van der Waals surface area contributed by atoms with Crippen molar-refractivity contribution in [2.24, 2.45) is 0 Å². The lowest BCUT2D eigenvalue weighted by atomic mass is 9.97. The number of nitrogens with zero attached hydrogens (tertiary/aromatic N) is 6. The predicted octanol–water partition coefficient (Wildman–Crippen LogP) is 5.08. The fraction of sp³-hybridized carbons (Fsp3) is 0.306. The molecule has 1 aliphatic rings. The van der Waals surface area contributed by atoms with E-state index in [0.717, 1.165) is 40.4 Å². The summed E-state index contributed by atoms with van der Waals surface area (Å²) in [5, 5.41) is 28.4. The van der Waals surface area contributed by atoms with Gasteiger partial charge in [0.25, 0.3) is 0 Å². The number of nitrogens with one attached hydrogen (secondary N) is 2. The van der Waals surface area contributed by atoms with E-state index in [2.05, 4.69) is 32.0 Å². The molecule has 0 aliphatic carbocycles. The molecule has 0 saturated carbocycles.